The number of aromatic nitrogens is 2. The van der Waals surface area contributed by atoms with Crippen molar-refractivity contribution in [3.8, 4) is 0 Å². The minimum absolute atomic E-state index is 0.107. The van der Waals surface area contributed by atoms with E-state index < -0.39 is 0 Å². The number of hydrogen-bond acceptors (Lipinski definition) is 4. The van der Waals surface area contributed by atoms with Gasteiger partial charge in [0.05, 0.1) is 17.8 Å². The summed E-state index contributed by atoms with van der Waals surface area (Å²) >= 11 is 0. The highest BCUT2D eigenvalue weighted by Gasteiger charge is 2.25. The Hall–Kier alpha value is -1.16. The highest BCUT2D eigenvalue weighted by molar-refractivity contribution is 5.41. The van der Waals surface area contributed by atoms with E-state index in [-0.39, 0.29) is 12.1 Å². The molecular formula is C11H19N3O. The van der Waals surface area contributed by atoms with Gasteiger partial charge in [0.25, 0.3) is 0 Å². The SMILES string of the molecule is CCC(CC)(CO)Nc1nccnc1C. The van der Waals surface area contributed by atoms with Gasteiger partial charge >= 0.3 is 0 Å². The number of rotatable bonds is 5. The lowest BCUT2D eigenvalue weighted by molar-refractivity contribution is 0.202. The van der Waals surface area contributed by atoms with E-state index in [1.165, 1.54) is 0 Å². The monoisotopic (exact) mass is 209 g/mol. The van der Waals surface area contributed by atoms with Crippen LogP contribution in [0.1, 0.15) is 32.4 Å². The third-order valence-corrected chi connectivity index (χ3v) is 2.92. The number of anilines is 1. The van der Waals surface area contributed by atoms with Gasteiger partial charge in [-0.05, 0) is 19.8 Å². The van der Waals surface area contributed by atoms with Gasteiger partial charge in [-0.2, -0.15) is 0 Å². The molecule has 15 heavy (non-hydrogen) atoms. The molecule has 0 unspecified atom stereocenters. The van der Waals surface area contributed by atoms with Crippen LogP contribution in [0.25, 0.3) is 0 Å². The summed E-state index contributed by atoms with van der Waals surface area (Å²) in [6, 6.07) is 0. The molecule has 0 aliphatic carbocycles. The van der Waals surface area contributed by atoms with Crippen molar-refractivity contribution in [3.05, 3.63) is 18.1 Å². The molecule has 0 aromatic carbocycles. The highest BCUT2D eigenvalue weighted by Crippen LogP contribution is 2.21. The van der Waals surface area contributed by atoms with Crippen LogP contribution in [0.2, 0.25) is 0 Å². The zero-order valence-corrected chi connectivity index (χ0v) is 9.62. The fourth-order valence-corrected chi connectivity index (χ4v) is 1.47. The molecule has 0 amide bonds. The second kappa shape index (κ2) is 5.07. The fraction of sp³-hybridized carbons (Fsp3) is 0.636. The van der Waals surface area contributed by atoms with Crippen molar-refractivity contribution in [2.45, 2.75) is 39.2 Å². The third kappa shape index (κ3) is 2.65. The van der Waals surface area contributed by atoms with E-state index in [0.29, 0.717) is 0 Å². The minimum atomic E-state index is -0.277. The van der Waals surface area contributed by atoms with Crippen LogP contribution in [0.5, 0.6) is 0 Å². The summed E-state index contributed by atoms with van der Waals surface area (Å²) in [4.78, 5) is 8.38. The van der Waals surface area contributed by atoms with Crippen LogP contribution in [0.3, 0.4) is 0 Å². The molecule has 84 valence electrons. The molecule has 0 saturated heterocycles. The summed E-state index contributed by atoms with van der Waals surface area (Å²) in [5.74, 6) is 0.759. The van der Waals surface area contributed by atoms with Crippen molar-refractivity contribution in [1.82, 2.24) is 9.97 Å². The Morgan fingerprint density at radius 3 is 2.33 bits per heavy atom. The van der Waals surface area contributed by atoms with Crippen molar-refractivity contribution in [3.63, 3.8) is 0 Å². The summed E-state index contributed by atoms with van der Waals surface area (Å²) in [7, 11) is 0. The summed E-state index contributed by atoms with van der Waals surface area (Å²) < 4.78 is 0. The van der Waals surface area contributed by atoms with E-state index in [4.69, 9.17) is 0 Å². The first-order chi connectivity index (χ1) is 7.17. The molecule has 0 bridgehead atoms. The van der Waals surface area contributed by atoms with Crippen molar-refractivity contribution in [2.24, 2.45) is 0 Å². The largest absolute Gasteiger partial charge is 0.394 e. The fourth-order valence-electron chi connectivity index (χ4n) is 1.47. The molecule has 0 fully saturated rings. The Morgan fingerprint density at radius 1 is 1.27 bits per heavy atom. The smallest absolute Gasteiger partial charge is 0.147 e. The molecule has 1 aromatic rings. The Labute approximate surface area is 90.8 Å². The van der Waals surface area contributed by atoms with Crippen LogP contribution in [-0.2, 0) is 0 Å². The summed E-state index contributed by atoms with van der Waals surface area (Å²) in [6.45, 7) is 6.12. The van der Waals surface area contributed by atoms with Gasteiger partial charge in [0.15, 0.2) is 0 Å². The molecule has 0 atom stereocenters. The molecule has 0 saturated carbocycles. The van der Waals surface area contributed by atoms with Gasteiger partial charge in [-0.3, -0.25) is 4.98 Å². The molecule has 1 heterocycles. The van der Waals surface area contributed by atoms with Gasteiger partial charge < -0.3 is 10.4 Å². The van der Waals surface area contributed by atoms with Gasteiger partial charge in [0, 0.05) is 12.4 Å². The number of nitrogens with zero attached hydrogens (tertiary/aromatic N) is 2. The lowest BCUT2D eigenvalue weighted by Crippen LogP contribution is -2.41. The number of nitrogens with one attached hydrogen (secondary N) is 1. The maximum atomic E-state index is 9.42. The maximum absolute atomic E-state index is 9.42. The first-order valence-electron chi connectivity index (χ1n) is 5.34. The molecule has 0 radical (unpaired) electrons. The Balaban J connectivity index is 2.88. The van der Waals surface area contributed by atoms with Crippen LogP contribution >= 0.6 is 0 Å². The molecule has 1 aromatic heterocycles. The number of aliphatic hydroxyl groups excluding tert-OH is 1. The molecule has 1 rings (SSSR count). The second-order valence-electron chi connectivity index (χ2n) is 3.76. The zero-order valence-electron chi connectivity index (χ0n) is 9.62. The average Bonchev–Trinajstić information content (AvgIpc) is 2.29. The second-order valence-corrected chi connectivity index (χ2v) is 3.76. The summed E-state index contributed by atoms with van der Waals surface area (Å²) in [5, 5.41) is 12.7. The van der Waals surface area contributed by atoms with Crippen LogP contribution < -0.4 is 5.32 Å². The standard InChI is InChI=1S/C11H19N3O/c1-4-11(5-2,8-15)14-10-9(3)12-6-7-13-10/h6-7,15H,4-5,8H2,1-3H3,(H,13,14). The van der Waals surface area contributed by atoms with Crippen molar-refractivity contribution < 1.29 is 5.11 Å². The molecule has 0 spiro atoms. The number of aliphatic hydroxyl groups is 1. The number of hydrogen-bond donors (Lipinski definition) is 2. The van der Waals surface area contributed by atoms with E-state index in [0.717, 1.165) is 24.4 Å². The van der Waals surface area contributed by atoms with Gasteiger partial charge in [0.1, 0.15) is 5.82 Å². The number of aryl methyl sites for hydroxylation is 1. The molecule has 4 heteroatoms. The molecular weight excluding hydrogens is 190 g/mol. The van der Waals surface area contributed by atoms with Crippen molar-refractivity contribution in [2.75, 3.05) is 11.9 Å². The quantitative estimate of drug-likeness (QED) is 0.775. The molecule has 2 N–H and O–H groups in total. The molecule has 0 aliphatic rings. The van der Waals surface area contributed by atoms with Crippen LogP contribution in [0.15, 0.2) is 12.4 Å². The van der Waals surface area contributed by atoms with E-state index in [9.17, 15) is 5.11 Å². The van der Waals surface area contributed by atoms with Gasteiger partial charge in [-0.25, -0.2) is 4.98 Å². The highest BCUT2D eigenvalue weighted by atomic mass is 16.3. The Kier molecular flexibility index (Phi) is 4.03. The molecule has 4 nitrogen and oxygen atoms in total. The van der Waals surface area contributed by atoms with Crippen LogP contribution in [0.4, 0.5) is 5.82 Å². The molecule has 0 aliphatic heterocycles. The normalized spacial score (nSPS) is 11.5. The van der Waals surface area contributed by atoms with Crippen molar-refractivity contribution >= 4 is 5.82 Å². The van der Waals surface area contributed by atoms with Gasteiger partial charge in [-0.1, -0.05) is 13.8 Å². The van der Waals surface area contributed by atoms with E-state index >= 15 is 0 Å². The summed E-state index contributed by atoms with van der Waals surface area (Å²) in [6.07, 6.45) is 5.04. The van der Waals surface area contributed by atoms with Crippen LogP contribution in [-0.4, -0.2) is 27.2 Å². The Morgan fingerprint density at radius 2 is 1.87 bits per heavy atom. The van der Waals surface area contributed by atoms with E-state index in [1.807, 2.05) is 6.92 Å². The average molecular weight is 209 g/mol. The van der Waals surface area contributed by atoms with E-state index in [2.05, 4.69) is 29.1 Å². The first-order valence-corrected chi connectivity index (χ1v) is 5.34. The predicted molar refractivity (Wildman–Crippen MR) is 60.8 cm³/mol. The summed E-state index contributed by atoms with van der Waals surface area (Å²) in [5.41, 5.74) is 0.582. The first kappa shape index (κ1) is 11.9. The Bertz CT molecular complexity index is 302. The predicted octanol–water partition coefficient (Wildman–Crippen LogP) is 1.75. The minimum Gasteiger partial charge on any atom is -0.394 e. The van der Waals surface area contributed by atoms with Crippen LogP contribution in [0, 0.1) is 6.92 Å². The third-order valence-electron chi connectivity index (χ3n) is 2.92. The van der Waals surface area contributed by atoms with Gasteiger partial charge in [0.2, 0.25) is 0 Å². The zero-order chi connectivity index (χ0) is 11.3. The topological polar surface area (TPSA) is 58.0 Å². The lowest BCUT2D eigenvalue weighted by atomic mass is 9.94. The maximum Gasteiger partial charge on any atom is 0.147 e. The van der Waals surface area contributed by atoms with E-state index in [1.54, 1.807) is 12.4 Å². The van der Waals surface area contributed by atoms with Crippen molar-refractivity contribution in [1.29, 1.82) is 0 Å². The lowest BCUT2D eigenvalue weighted by Gasteiger charge is -2.31. The van der Waals surface area contributed by atoms with Gasteiger partial charge in [-0.15, -0.1) is 0 Å².